The van der Waals surface area contributed by atoms with E-state index in [-0.39, 0.29) is 32.7 Å². The number of hydrogen-bond donors (Lipinski definition) is 1. The first-order chi connectivity index (χ1) is 11.6. The number of alkyl halides is 3. The zero-order valence-corrected chi connectivity index (χ0v) is 14.9. The number of rotatable bonds is 4. The smallest absolute Gasteiger partial charge is 0.343 e. The van der Waals surface area contributed by atoms with Crippen molar-refractivity contribution in [2.75, 3.05) is 11.1 Å². The van der Waals surface area contributed by atoms with Gasteiger partial charge in [-0.3, -0.25) is 9.97 Å². The van der Waals surface area contributed by atoms with Crippen LogP contribution in [-0.2, 0) is 16.0 Å². The summed E-state index contributed by atoms with van der Waals surface area (Å²) in [5.74, 6) is -0.154. The van der Waals surface area contributed by atoms with E-state index in [1.54, 1.807) is 0 Å². The molecule has 0 aliphatic heterocycles. The Morgan fingerprint density at radius 2 is 2.00 bits per heavy atom. The van der Waals surface area contributed by atoms with Crippen molar-refractivity contribution >= 4 is 32.7 Å². The molecule has 5 nitrogen and oxygen atoms in total. The van der Waals surface area contributed by atoms with Crippen molar-refractivity contribution in [2.45, 2.75) is 24.9 Å². The van der Waals surface area contributed by atoms with Gasteiger partial charge in [0.05, 0.1) is 27.6 Å². The third-order valence-corrected chi connectivity index (χ3v) is 5.42. The van der Waals surface area contributed by atoms with Crippen molar-refractivity contribution in [1.82, 2.24) is 9.97 Å². The number of anilines is 1. The number of pyridine rings is 2. The molecule has 0 aliphatic carbocycles. The van der Waals surface area contributed by atoms with E-state index in [4.69, 9.17) is 12.2 Å². The van der Waals surface area contributed by atoms with E-state index in [1.165, 1.54) is 32.2 Å². The van der Waals surface area contributed by atoms with Gasteiger partial charge in [0.1, 0.15) is 10.7 Å². The quantitative estimate of drug-likeness (QED) is 0.809. The molecule has 2 rings (SSSR count). The van der Waals surface area contributed by atoms with Crippen molar-refractivity contribution in [3.8, 4) is 0 Å². The number of sulfone groups is 1. The van der Waals surface area contributed by atoms with Gasteiger partial charge in [-0.05, 0) is 25.1 Å². The van der Waals surface area contributed by atoms with Crippen LogP contribution in [0, 0.1) is 6.92 Å². The number of aromatic nitrogens is 2. The molecule has 0 amide bonds. The standard InChI is InChI=1S/C15H14F3N3O2S2/c1-3-25(22,23)12-5-4-6-19-13(12)14(24)21-11-7-10(15(16,17)18)8-20-9(11)2/h4-8H,3H2,1-2H3,(H,21,24). The van der Waals surface area contributed by atoms with Crippen LogP contribution < -0.4 is 5.32 Å². The van der Waals surface area contributed by atoms with Crippen LogP contribution in [0.25, 0.3) is 0 Å². The molecule has 134 valence electrons. The van der Waals surface area contributed by atoms with Crippen molar-refractivity contribution in [1.29, 1.82) is 0 Å². The molecule has 0 saturated carbocycles. The number of hydrogen-bond acceptors (Lipinski definition) is 5. The topological polar surface area (TPSA) is 72.0 Å². The van der Waals surface area contributed by atoms with E-state index in [0.29, 0.717) is 0 Å². The van der Waals surface area contributed by atoms with Gasteiger partial charge in [0.25, 0.3) is 0 Å². The number of nitrogens with zero attached hydrogens (tertiary/aromatic N) is 2. The van der Waals surface area contributed by atoms with E-state index in [1.807, 2.05) is 0 Å². The Morgan fingerprint density at radius 1 is 1.32 bits per heavy atom. The summed E-state index contributed by atoms with van der Waals surface area (Å²) < 4.78 is 62.8. The van der Waals surface area contributed by atoms with Gasteiger partial charge in [0.2, 0.25) is 0 Å². The fraction of sp³-hybridized carbons (Fsp3) is 0.267. The molecule has 10 heteroatoms. The third kappa shape index (κ3) is 4.31. The Morgan fingerprint density at radius 3 is 2.60 bits per heavy atom. The molecule has 0 bridgehead atoms. The number of nitrogens with one attached hydrogen (secondary N) is 1. The zero-order chi connectivity index (χ0) is 18.8. The summed E-state index contributed by atoms with van der Waals surface area (Å²) in [6.45, 7) is 2.98. The summed E-state index contributed by atoms with van der Waals surface area (Å²) in [6, 6.07) is 3.67. The van der Waals surface area contributed by atoms with Crippen LogP contribution in [0.5, 0.6) is 0 Å². The zero-order valence-electron chi connectivity index (χ0n) is 13.3. The molecule has 25 heavy (non-hydrogen) atoms. The minimum atomic E-state index is -4.56. The number of thiocarbonyl (C=S) groups is 1. The normalized spacial score (nSPS) is 12.0. The summed E-state index contributed by atoms with van der Waals surface area (Å²) in [5.41, 5.74) is -0.640. The Balaban J connectivity index is 2.43. The molecule has 0 aromatic carbocycles. The Labute approximate surface area is 148 Å². The van der Waals surface area contributed by atoms with Gasteiger partial charge in [-0.1, -0.05) is 19.1 Å². The number of aryl methyl sites for hydroxylation is 1. The highest BCUT2D eigenvalue weighted by molar-refractivity contribution is 7.91. The first-order valence-electron chi connectivity index (χ1n) is 7.09. The second-order valence-electron chi connectivity index (χ2n) is 5.06. The maximum Gasteiger partial charge on any atom is 0.417 e. The molecule has 2 aromatic rings. The first-order valence-corrected chi connectivity index (χ1v) is 9.15. The van der Waals surface area contributed by atoms with E-state index < -0.39 is 21.6 Å². The summed E-state index contributed by atoms with van der Waals surface area (Å²) in [6.07, 6.45) is -2.48. The average molecular weight is 389 g/mol. The van der Waals surface area contributed by atoms with Crippen molar-refractivity contribution in [3.63, 3.8) is 0 Å². The monoisotopic (exact) mass is 389 g/mol. The summed E-state index contributed by atoms with van der Waals surface area (Å²) >= 11 is 5.16. The molecule has 0 atom stereocenters. The maximum absolute atomic E-state index is 12.8. The molecule has 2 heterocycles. The van der Waals surface area contributed by atoms with Gasteiger partial charge in [-0.25, -0.2) is 8.42 Å². The first kappa shape index (κ1) is 19.3. The van der Waals surface area contributed by atoms with Gasteiger partial charge in [0, 0.05) is 12.4 Å². The molecule has 0 fully saturated rings. The van der Waals surface area contributed by atoms with Crippen LogP contribution >= 0.6 is 12.2 Å². The largest absolute Gasteiger partial charge is 0.417 e. The van der Waals surface area contributed by atoms with E-state index in [0.717, 1.165) is 12.3 Å². The maximum atomic E-state index is 12.8. The third-order valence-electron chi connectivity index (χ3n) is 3.36. The van der Waals surface area contributed by atoms with Crippen molar-refractivity contribution in [2.24, 2.45) is 0 Å². The minimum absolute atomic E-state index is 0.0174. The highest BCUT2D eigenvalue weighted by atomic mass is 32.2. The second kappa shape index (κ2) is 7.04. The lowest BCUT2D eigenvalue weighted by Crippen LogP contribution is -2.19. The van der Waals surface area contributed by atoms with Gasteiger partial charge in [-0.15, -0.1) is 0 Å². The van der Waals surface area contributed by atoms with Gasteiger partial charge < -0.3 is 5.32 Å². The summed E-state index contributed by atoms with van der Waals surface area (Å²) in [7, 11) is -3.59. The van der Waals surface area contributed by atoms with Crippen molar-refractivity contribution in [3.05, 3.63) is 47.5 Å². The molecule has 0 spiro atoms. The molecular formula is C15H14F3N3O2S2. The molecule has 0 aliphatic rings. The second-order valence-corrected chi connectivity index (χ2v) is 7.72. The highest BCUT2D eigenvalue weighted by Gasteiger charge is 2.31. The van der Waals surface area contributed by atoms with Crippen LogP contribution in [0.2, 0.25) is 0 Å². The van der Waals surface area contributed by atoms with E-state index >= 15 is 0 Å². The lowest BCUT2D eigenvalue weighted by Gasteiger charge is -2.14. The Kier molecular flexibility index (Phi) is 5.43. The number of halogens is 3. The Bertz CT molecular complexity index is 912. The Hall–Kier alpha value is -2.07. The van der Waals surface area contributed by atoms with Crippen LogP contribution in [-0.4, -0.2) is 29.1 Å². The lowest BCUT2D eigenvalue weighted by molar-refractivity contribution is -0.137. The predicted octanol–water partition coefficient (Wildman–Crippen LogP) is 3.39. The fourth-order valence-electron chi connectivity index (χ4n) is 1.96. The SMILES string of the molecule is CCS(=O)(=O)c1cccnc1C(=S)Nc1cc(C(F)(F)F)cnc1C. The van der Waals surface area contributed by atoms with Gasteiger partial charge in [0.15, 0.2) is 9.84 Å². The molecule has 0 unspecified atom stereocenters. The molecule has 1 N–H and O–H groups in total. The van der Waals surface area contributed by atoms with Crippen molar-refractivity contribution < 1.29 is 21.6 Å². The molecule has 2 aromatic heterocycles. The molecule has 0 radical (unpaired) electrons. The van der Waals surface area contributed by atoms with Gasteiger partial charge >= 0.3 is 6.18 Å². The van der Waals surface area contributed by atoms with E-state index in [9.17, 15) is 21.6 Å². The predicted molar refractivity (Wildman–Crippen MR) is 91.3 cm³/mol. The van der Waals surface area contributed by atoms with Crippen LogP contribution in [0.4, 0.5) is 18.9 Å². The fourth-order valence-corrected chi connectivity index (χ4v) is 3.35. The molecular weight excluding hydrogens is 375 g/mol. The van der Waals surface area contributed by atoms with Crippen LogP contribution in [0.3, 0.4) is 0 Å². The molecule has 0 saturated heterocycles. The highest BCUT2D eigenvalue weighted by Crippen LogP contribution is 2.31. The summed E-state index contributed by atoms with van der Waals surface area (Å²) in [4.78, 5) is 7.49. The van der Waals surface area contributed by atoms with Crippen LogP contribution in [0.15, 0.2) is 35.5 Å². The average Bonchev–Trinajstić information content (AvgIpc) is 2.55. The minimum Gasteiger partial charge on any atom is -0.343 e. The van der Waals surface area contributed by atoms with Gasteiger partial charge in [-0.2, -0.15) is 13.2 Å². The summed E-state index contributed by atoms with van der Waals surface area (Å²) in [5, 5.41) is 2.62. The van der Waals surface area contributed by atoms with E-state index in [2.05, 4.69) is 15.3 Å². The lowest BCUT2D eigenvalue weighted by atomic mass is 10.2. The van der Waals surface area contributed by atoms with Crippen LogP contribution in [0.1, 0.15) is 23.9 Å².